The molecule has 0 saturated heterocycles. The lowest BCUT2D eigenvalue weighted by Crippen LogP contribution is -1.99. The third kappa shape index (κ3) is 2.35. The number of halogens is 1. The minimum atomic E-state index is 0.179. The smallest absolute Gasteiger partial charge is 0.155 e. The highest BCUT2D eigenvalue weighted by atomic mass is 35.5. The number of fused-ring (bicyclic) bond motifs is 1. The van der Waals surface area contributed by atoms with Gasteiger partial charge in [-0.15, -0.1) is 0 Å². The minimum absolute atomic E-state index is 0.179. The summed E-state index contributed by atoms with van der Waals surface area (Å²) >= 11 is 6.05. The Balaban J connectivity index is 1.84. The zero-order valence-corrected chi connectivity index (χ0v) is 10.7. The maximum atomic E-state index is 9.36. The highest BCUT2D eigenvalue weighted by Gasteiger charge is 2.06. The van der Waals surface area contributed by atoms with Gasteiger partial charge in [0.2, 0.25) is 0 Å². The number of aromatic nitrogens is 2. The van der Waals surface area contributed by atoms with E-state index in [1.807, 2.05) is 16.7 Å². The molecule has 0 aliphatic rings. The van der Waals surface area contributed by atoms with Crippen molar-refractivity contribution in [3.8, 4) is 11.5 Å². The Kier molecular flexibility index (Phi) is 3.01. The first-order valence-electron chi connectivity index (χ1n) is 5.76. The van der Waals surface area contributed by atoms with Gasteiger partial charge in [0.15, 0.2) is 5.65 Å². The van der Waals surface area contributed by atoms with Gasteiger partial charge in [0.25, 0.3) is 0 Å². The van der Waals surface area contributed by atoms with Gasteiger partial charge in [-0.3, -0.25) is 4.40 Å². The number of hydrogen-bond acceptors (Lipinski definition) is 3. The molecule has 96 valence electrons. The summed E-state index contributed by atoms with van der Waals surface area (Å²) in [6, 6.07) is 10.3. The van der Waals surface area contributed by atoms with Gasteiger partial charge in [0, 0.05) is 12.3 Å². The lowest BCUT2D eigenvalue weighted by Gasteiger charge is -2.06. The van der Waals surface area contributed by atoms with Crippen LogP contribution < -0.4 is 4.74 Å². The summed E-state index contributed by atoms with van der Waals surface area (Å²) in [5.41, 5.74) is 1.60. The quantitative estimate of drug-likeness (QED) is 0.797. The van der Waals surface area contributed by atoms with Crippen molar-refractivity contribution in [2.45, 2.75) is 6.61 Å². The van der Waals surface area contributed by atoms with Gasteiger partial charge in [-0.1, -0.05) is 17.7 Å². The van der Waals surface area contributed by atoms with Crippen LogP contribution in [0.1, 0.15) is 5.69 Å². The SMILES string of the molecule is Oc1cccc(OCc2cnc3c(Cl)cccn23)c1. The Labute approximate surface area is 114 Å². The number of aromatic hydroxyl groups is 1. The van der Waals surface area contributed by atoms with Crippen LogP contribution in [-0.2, 0) is 6.61 Å². The number of hydrogen-bond donors (Lipinski definition) is 1. The van der Waals surface area contributed by atoms with Crippen LogP contribution in [0.2, 0.25) is 5.02 Å². The second-order valence-corrected chi connectivity index (χ2v) is 4.49. The summed E-state index contributed by atoms with van der Waals surface area (Å²) in [4.78, 5) is 4.25. The van der Waals surface area contributed by atoms with Crippen LogP contribution >= 0.6 is 11.6 Å². The fraction of sp³-hybridized carbons (Fsp3) is 0.0714. The molecule has 2 aromatic heterocycles. The highest BCUT2D eigenvalue weighted by Crippen LogP contribution is 2.20. The fourth-order valence-electron chi connectivity index (χ4n) is 1.86. The van der Waals surface area contributed by atoms with Crippen molar-refractivity contribution < 1.29 is 9.84 Å². The molecule has 0 saturated carbocycles. The molecule has 0 aliphatic carbocycles. The number of phenolic OH excluding ortho intramolecular Hbond substituents is 1. The van der Waals surface area contributed by atoms with E-state index in [2.05, 4.69) is 4.98 Å². The van der Waals surface area contributed by atoms with E-state index in [0.29, 0.717) is 23.0 Å². The zero-order chi connectivity index (χ0) is 13.2. The lowest BCUT2D eigenvalue weighted by atomic mass is 10.3. The Hall–Kier alpha value is -2.20. The number of pyridine rings is 1. The maximum absolute atomic E-state index is 9.36. The van der Waals surface area contributed by atoms with Crippen LogP contribution in [0.25, 0.3) is 5.65 Å². The minimum Gasteiger partial charge on any atom is -0.508 e. The van der Waals surface area contributed by atoms with Gasteiger partial charge in [-0.05, 0) is 24.3 Å². The number of benzene rings is 1. The molecule has 4 nitrogen and oxygen atoms in total. The van der Waals surface area contributed by atoms with Crippen molar-refractivity contribution >= 4 is 17.2 Å². The van der Waals surface area contributed by atoms with Crippen LogP contribution in [0.4, 0.5) is 0 Å². The van der Waals surface area contributed by atoms with Crippen molar-refractivity contribution in [2.75, 3.05) is 0 Å². The molecule has 1 aromatic carbocycles. The molecular formula is C14H11ClN2O2. The summed E-state index contributed by atoms with van der Waals surface area (Å²) in [5.74, 6) is 0.788. The van der Waals surface area contributed by atoms with Gasteiger partial charge in [0.1, 0.15) is 18.1 Å². The van der Waals surface area contributed by atoms with Crippen LogP contribution in [0, 0.1) is 0 Å². The normalized spacial score (nSPS) is 10.8. The van der Waals surface area contributed by atoms with Crippen molar-refractivity contribution in [3.05, 3.63) is 59.5 Å². The van der Waals surface area contributed by atoms with Crippen LogP contribution in [0.5, 0.6) is 11.5 Å². The molecule has 3 aromatic rings. The first-order chi connectivity index (χ1) is 9.24. The molecule has 0 spiro atoms. The molecule has 5 heteroatoms. The van der Waals surface area contributed by atoms with E-state index in [0.717, 1.165) is 5.69 Å². The van der Waals surface area contributed by atoms with E-state index in [4.69, 9.17) is 16.3 Å². The van der Waals surface area contributed by atoms with Gasteiger partial charge in [-0.2, -0.15) is 0 Å². The zero-order valence-electron chi connectivity index (χ0n) is 9.95. The molecule has 1 N–H and O–H groups in total. The van der Waals surface area contributed by atoms with Crippen molar-refractivity contribution in [3.63, 3.8) is 0 Å². The Bertz CT molecular complexity index is 724. The third-order valence-corrected chi connectivity index (χ3v) is 3.06. The standard InChI is InChI=1S/C14H11ClN2O2/c15-13-5-2-6-17-10(8-16-14(13)17)9-19-12-4-1-3-11(18)7-12/h1-8,18H,9H2. The van der Waals surface area contributed by atoms with Crippen LogP contribution in [0.15, 0.2) is 48.8 Å². The van der Waals surface area contributed by atoms with E-state index in [9.17, 15) is 5.11 Å². The second kappa shape index (κ2) is 4.82. The Morgan fingerprint density at radius 1 is 1.26 bits per heavy atom. The van der Waals surface area contributed by atoms with Gasteiger partial charge >= 0.3 is 0 Å². The van der Waals surface area contributed by atoms with Crippen molar-refractivity contribution in [2.24, 2.45) is 0 Å². The molecular weight excluding hydrogens is 264 g/mol. The fourth-order valence-corrected chi connectivity index (χ4v) is 2.08. The lowest BCUT2D eigenvalue weighted by molar-refractivity contribution is 0.298. The molecule has 0 aliphatic heterocycles. The molecule has 0 bridgehead atoms. The van der Waals surface area contributed by atoms with E-state index in [1.165, 1.54) is 0 Å². The first-order valence-corrected chi connectivity index (χ1v) is 6.14. The maximum Gasteiger partial charge on any atom is 0.155 e. The molecule has 19 heavy (non-hydrogen) atoms. The van der Waals surface area contributed by atoms with Crippen molar-refractivity contribution in [1.82, 2.24) is 9.38 Å². The van der Waals surface area contributed by atoms with Gasteiger partial charge < -0.3 is 9.84 Å². The van der Waals surface area contributed by atoms with Crippen LogP contribution in [0.3, 0.4) is 0 Å². The molecule has 3 rings (SSSR count). The van der Waals surface area contributed by atoms with Gasteiger partial charge in [0.05, 0.1) is 16.9 Å². The summed E-state index contributed by atoms with van der Waals surface area (Å²) in [7, 11) is 0. The van der Waals surface area contributed by atoms with Crippen LogP contribution in [-0.4, -0.2) is 14.5 Å². The summed E-state index contributed by atoms with van der Waals surface area (Å²) in [6.45, 7) is 0.352. The number of ether oxygens (including phenoxy) is 1. The predicted molar refractivity (Wildman–Crippen MR) is 72.6 cm³/mol. The van der Waals surface area contributed by atoms with Gasteiger partial charge in [-0.25, -0.2) is 4.98 Å². The molecule has 0 amide bonds. The average molecular weight is 275 g/mol. The molecule has 0 atom stereocenters. The van der Waals surface area contributed by atoms with Crippen molar-refractivity contribution in [1.29, 1.82) is 0 Å². The third-order valence-electron chi connectivity index (χ3n) is 2.77. The van der Waals surface area contributed by atoms with E-state index < -0.39 is 0 Å². The monoisotopic (exact) mass is 274 g/mol. The summed E-state index contributed by atoms with van der Waals surface area (Å²) in [6.07, 6.45) is 3.61. The van der Waals surface area contributed by atoms with E-state index in [1.54, 1.807) is 36.5 Å². The number of rotatable bonds is 3. The largest absolute Gasteiger partial charge is 0.508 e. The average Bonchev–Trinajstić information content (AvgIpc) is 2.81. The number of phenols is 1. The summed E-state index contributed by atoms with van der Waals surface area (Å²) < 4.78 is 7.50. The molecule has 0 radical (unpaired) electrons. The predicted octanol–water partition coefficient (Wildman–Crippen LogP) is 3.27. The molecule has 0 fully saturated rings. The topological polar surface area (TPSA) is 46.8 Å². The highest BCUT2D eigenvalue weighted by molar-refractivity contribution is 6.33. The first kappa shape index (κ1) is 11.9. The Morgan fingerprint density at radius 3 is 3.00 bits per heavy atom. The molecule has 2 heterocycles. The summed E-state index contributed by atoms with van der Waals surface area (Å²) in [5, 5.41) is 9.97. The molecule has 0 unspecified atom stereocenters. The number of nitrogens with zero attached hydrogens (tertiary/aromatic N) is 2. The second-order valence-electron chi connectivity index (χ2n) is 4.09. The Morgan fingerprint density at radius 2 is 2.16 bits per heavy atom. The number of imidazole rings is 1. The van der Waals surface area contributed by atoms with E-state index in [-0.39, 0.29) is 5.75 Å². The van der Waals surface area contributed by atoms with E-state index >= 15 is 0 Å².